The van der Waals surface area contributed by atoms with Crippen molar-refractivity contribution in [1.29, 1.82) is 10.5 Å². The number of pyridine rings is 1. The number of nitrogens with zero attached hydrogens (tertiary/aromatic N) is 4. The third kappa shape index (κ3) is 3.69. The lowest BCUT2D eigenvalue weighted by Gasteiger charge is -2.10. The summed E-state index contributed by atoms with van der Waals surface area (Å²) in [6.45, 7) is 0. The van der Waals surface area contributed by atoms with Gasteiger partial charge in [-0.05, 0) is 23.1 Å². The number of benzene rings is 1. The van der Waals surface area contributed by atoms with Gasteiger partial charge in [-0.25, -0.2) is 4.98 Å². The molecular weight excluding hydrogens is 404 g/mol. The average Bonchev–Trinajstić information content (AvgIpc) is 3.46. The van der Waals surface area contributed by atoms with Crippen LogP contribution in [0, 0.1) is 22.7 Å². The largest absolute Gasteiger partial charge is 0.315 e. The fraction of sp³-hybridized carbons (Fsp3) is 0.0500. The van der Waals surface area contributed by atoms with Crippen molar-refractivity contribution < 1.29 is 0 Å². The lowest BCUT2D eigenvalue weighted by molar-refractivity contribution is 1.05. The Kier molecular flexibility index (Phi) is 5.25. The maximum atomic E-state index is 12.5. The first kappa shape index (κ1) is 18.7. The van der Waals surface area contributed by atoms with E-state index in [1.807, 2.05) is 41.8 Å². The number of aromatic nitrogens is 4. The number of thioether (sulfide) groups is 1. The molecule has 0 spiro atoms. The molecule has 140 valence electrons. The Bertz CT molecular complexity index is 1290. The van der Waals surface area contributed by atoms with E-state index in [1.165, 1.54) is 29.4 Å². The van der Waals surface area contributed by atoms with E-state index in [2.05, 4.69) is 26.2 Å². The quantitative estimate of drug-likeness (QED) is 0.475. The molecule has 0 saturated heterocycles. The molecule has 0 aliphatic rings. The van der Waals surface area contributed by atoms with Gasteiger partial charge in [0.15, 0.2) is 5.82 Å². The van der Waals surface area contributed by atoms with Crippen LogP contribution in [0.3, 0.4) is 0 Å². The number of aromatic amines is 2. The number of thiophene rings is 1. The minimum Gasteiger partial charge on any atom is -0.315 e. The molecule has 0 aliphatic carbocycles. The predicted octanol–water partition coefficient (Wildman–Crippen LogP) is 3.92. The molecule has 0 bridgehead atoms. The molecule has 9 heteroatoms. The van der Waals surface area contributed by atoms with Gasteiger partial charge in [0, 0.05) is 21.8 Å². The summed E-state index contributed by atoms with van der Waals surface area (Å²) in [6.07, 6.45) is 1.45. The summed E-state index contributed by atoms with van der Waals surface area (Å²) in [4.78, 5) is 20.0. The molecule has 0 amide bonds. The molecule has 29 heavy (non-hydrogen) atoms. The van der Waals surface area contributed by atoms with Gasteiger partial charge in [0.25, 0.3) is 5.56 Å². The molecule has 0 atom stereocenters. The molecule has 0 fully saturated rings. The minimum atomic E-state index is -0.493. The van der Waals surface area contributed by atoms with Crippen molar-refractivity contribution in [3.63, 3.8) is 0 Å². The van der Waals surface area contributed by atoms with Crippen LogP contribution in [-0.2, 0) is 5.75 Å². The van der Waals surface area contributed by atoms with Gasteiger partial charge in [0.05, 0.1) is 10.6 Å². The van der Waals surface area contributed by atoms with Crippen molar-refractivity contribution in [1.82, 2.24) is 20.2 Å². The fourth-order valence-electron chi connectivity index (χ4n) is 2.88. The van der Waals surface area contributed by atoms with E-state index >= 15 is 0 Å². The zero-order valence-corrected chi connectivity index (χ0v) is 16.5. The third-order valence-electron chi connectivity index (χ3n) is 4.17. The highest BCUT2D eigenvalue weighted by Crippen LogP contribution is 2.35. The number of hydrogen-bond acceptors (Lipinski definition) is 7. The fourth-order valence-corrected chi connectivity index (χ4v) is 4.61. The summed E-state index contributed by atoms with van der Waals surface area (Å²) in [7, 11) is 0. The van der Waals surface area contributed by atoms with Crippen LogP contribution in [0.15, 0.2) is 57.9 Å². The molecule has 4 aromatic rings. The van der Waals surface area contributed by atoms with Gasteiger partial charge in [0.1, 0.15) is 24.0 Å². The molecule has 1 aromatic carbocycles. The van der Waals surface area contributed by atoms with Crippen LogP contribution in [0.1, 0.15) is 16.7 Å². The summed E-state index contributed by atoms with van der Waals surface area (Å²) in [5.41, 5.74) is 2.06. The van der Waals surface area contributed by atoms with Crippen molar-refractivity contribution in [2.75, 3.05) is 0 Å². The Morgan fingerprint density at radius 3 is 2.69 bits per heavy atom. The van der Waals surface area contributed by atoms with E-state index in [9.17, 15) is 15.3 Å². The van der Waals surface area contributed by atoms with Crippen molar-refractivity contribution >= 4 is 23.1 Å². The van der Waals surface area contributed by atoms with Gasteiger partial charge in [0.2, 0.25) is 0 Å². The molecule has 4 rings (SSSR count). The van der Waals surface area contributed by atoms with Crippen LogP contribution in [0.2, 0.25) is 0 Å². The molecule has 0 aliphatic heterocycles. The van der Waals surface area contributed by atoms with Gasteiger partial charge < -0.3 is 4.98 Å². The first-order valence-electron chi connectivity index (χ1n) is 8.43. The number of rotatable bonds is 5. The van der Waals surface area contributed by atoms with Gasteiger partial charge in [-0.15, -0.1) is 23.1 Å². The molecule has 3 heterocycles. The van der Waals surface area contributed by atoms with Crippen LogP contribution in [0.5, 0.6) is 0 Å². The predicted molar refractivity (Wildman–Crippen MR) is 111 cm³/mol. The van der Waals surface area contributed by atoms with Crippen LogP contribution in [-0.4, -0.2) is 20.2 Å². The Labute approximate surface area is 173 Å². The maximum absolute atomic E-state index is 12.5. The summed E-state index contributed by atoms with van der Waals surface area (Å²) in [5.74, 6) is 1.20. The molecular formula is C20H12N6OS2. The zero-order chi connectivity index (χ0) is 20.2. The van der Waals surface area contributed by atoms with E-state index in [-0.39, 0.29) is 5.56 Å². The molecule has 0 saturated carbocycles. The number of hydrogen-bond donors (Lipinski definition) is 2. The van der Waals surface area contributed by atoms with E-state index in [0.717, 1.165) is 16.0 Å². The minimum absolute atomic E-state index is 0.0410. The lowest BCUT2D eigenvalue weighted by Crippen LogP contribution is -2.14. The zero-order valence-electron chi connectivity index (χ0n) is 14.8. The Balaban J connectivity index is 1.70. The van der Waals surface area contributed by atoms with Gasteiger partial charge in [-0.3, -0.25) is 9.89 Å². The van der Waals surface area contributed by atoms with Crippen LogP contribution in [0.4, 0.5) is 0 Å². The molecule has 3 aromatic heterocycles. The van der Waals surface area contributed by atoms with Crippen LogP contribution in [0.25, 0.3) is 21.8 Å². The lowest BCUT2D eigenvalue weighted by atomic mass is 10.0. The van der Waals surface area contributed by atoms with Gasteiger partial charge >= 0.3 is 0 Å². The normalized spacial score (nSPS) is 10.4. The summed E-state index contributed by atoms with van der Waals surface area (Å²) in [6, 6.07) is 15.5. The standard InChI is InChI=1S/C20H12N6OS2/c21-8-14-17(16-5-2-6-28-16)15(9-22)20(25-19(14)27)29-10-12-3-1-4-13(7-12)18-23-11-24-26-18/h1-7,11H,10H2,(H,25,27)(H,23,24,26). The number of nitriles is 2. The molecule has 0 unspecified atom stereocenters. The first-order chi connectivity index (χ1) is 14.2. The average molecular weight is 416 g/mol. The highest BCUT2D eigenvalue weighted by atomic mass is 32.2. The summed E-state index contributed by atoms with van der Waals surface area (Å²) < 4.78 is 0. The Hall–Kier alpha value is -3.66. The third-order valence-corrected chi connectivity index (χ3v) is 6.13. The highest BCUT2D eigenvalue weighted by molar-refractivity contribution is 7.98. The van der Waals surface area contributed by atoms with Crippen LogP contribution >= 0.6 is 23.1 Å². The first-order valence-corrected chi connectivity index (χ1v) is 10.3. The van der Waals surface area contributed by atoms with Crippen molar-refractivity contribution in [2.45, 2.75) is 10.8 Å². The van der Waals surface area contributed by atoms with E-state index in [4.69, 9.17) is 0 Å². The molecule has 7 nitrogen and oxygen atoms in total. The second-order valence-electron chi connectivity index (χ2n) is 5.93. The van der Waals surface area contributed by atoms with E-state index in [0.29, 0.717) is 27.7 Å². The summed E-state index contributed by atoms with van der Waals surface area (Å²) >= 11 is 2.73. The van der Waals surface area contributed by atoms with Crippen molar-refractivity contribution in [3.05, 3.63) is 75.1 Å². The maximum Gasteiger partial charge on any atom is 0.267 e. The highest BCUT2D eigenvalue weighted by Gasteiger charge is 2.20. The van der Waals surface area contributed by atoms with E-state index in [1.54, 1.807) is 6.07 Å². The van der Waals surface area contributed by atoms with Gasteiger partial charge in [-0.1, -0.05) is 24.3 Å². The SMILES string of the molecule is N#Cc1c(SCc2cccc(-c3ncn[nH]3)c2)[nH]c(=O)c(C#N)c1-c1cccs1. The van der Waals surface area contributed by atoms with Gasteiger partial charge in [-0.2, -0.15) is 15.6 Å². The monoisotopic (exact) mass is 416 g/mol. The number of nitrogens with one attached hydrogen (secondary N) is 2. The number of H-pyrrole nitrogens is 2. The van der Waals surface area contributed by atoms with Crippen molar-refractivity contribution in [3.8, 4) is 34.0 Å². The Morgan fingerprint density at radius 1 is 1.14 bits per heavy atom. The molecule has 0 radical (unpaired) electrons. The smallest absolute Gasteiger partial charge is 0.267 e. The van der Waals surface area contributed by atoms with E-state index < -0.39 is 5.56 Å². The topological polar surface area (TPSA) is 122 Å². The second kappa shape index (κ2) is 8.15. The van der Waals surface area contributed by atoms with Crippen LogP contribution < -0.4 is 5.56 Å². The second-order valence-corrected chi connectivity index (χ2v) is 7.87. The Morgan fingerprint density at radius 2 is 2.00 bits per heavy atom. The summed E-state index contributed by atoms with van der Waals surface area (Å²) in [5, 5.41) is 28.2. The van der Waals surface area contributed by atoms with Crippen molar-refractivity contribution in [2.24, 2.45) is 0 Å². The molecule has 2 N–H and O–H groups in total.